The van der Waals surface area contributed by atoms with Crippen LogP contribution in [0.5, 0.6) is 11.5 Å². The number of aromatic hydroxyl groups is 2. The highest BCUT2D eigenvalue weighted by Crippen LogP contribution is 2.26. The van der Waals surface area contributed by atoms with Crippen LogP contribution < -0.4 is 0 Å². The van der Waals surface area contributed by atoms with Crippen molar-refractivity contribution in [3.05, 3.63) is 23.8 Å². The molecular formula is C14H19NO3. The molecular weight excluding hydrogens is 230 g/mol. The molecule has 1 atom stereocenters. The summed E-state index contributed by atoms with van der Waals surface area (Å²) in [6, 6.07) is 4.07. The van der Waals surface area contributed by atoms with Gasteiger partial charge in [-0.25, -0.2) is 0 Å². The number of hydrogen-bond acceptors (Lipinski definition) is 4. The summed E-state index contributed by atoms with van der Waals surface area (Å²) < 4.78 is 0. The van der Waals surface area contributed by atoms with E-state index in [0.717, 1.165) is 25.9 Å². The number of Topliss-reactive ketones (excluding diaryl/α,β-unsaturated/α-hetero) is 1. The van der Waals surface area contributed by atoms with E-state index in [9.17, 15) is 15.0 Å². The maximum absolute atomic E-state index is 12.3. The summed E-state index contributed by atoms with van der Waals surface area (Å²) in [6.45, 7) is 3.81. The minimum Gasteiger partial charge on any atom is -0.504 e. The topological polar surface area (TPSA) is 60.8 Å². The summed E-state index contributed by atoms with van der Waals surface area (Å²) in [5.74, 6) is -0.448. The molecule has 18 heavy (non-hydrogen) atoms. The molecule has 4 heteroatoms. The average molecular weight is 249 g/mol. The van der Waals surface area contributed by atoms with Gasteiger partial charge in [-0.05, 0) is 51.1 Å². The van der Waals surface area contributed by atoms with Gasteiger partial charge in [-0.1, -0.05) is 6.42 Å². The number of likely N-dealkylation sites (tertiary alicyclic amines) is 1. The Morgan fingerprint density at radius 1 is 1.17 bits per heavy atom. The van der Waals surface area contributed by atoms with Crippen LogP contribution in [0.4, 0.5) is 0 Å². The van der Waals surface area contributed by atoms with Gasteiger partial charge in [-0.2, -0.15) is 0 Å². The summed E-state index contributed by atoms with van der Waals surface area (Å²) in [7, 11) is 0. The molecule has 0 aromatic heterocycles. The maximum Gasteiger partial charge on any atom is 0.179 e. The van der Waals surface area contributed by atoms with Crippen molar-refractivity contribution in [2.45, 2.75) is 32.2 Å². The van der Waals surface area contributed by atoms with Gasteiger partial charge in [0.1, 0.15) is 0 Å². The predicted molar refractivity (Wildman–Crippen MR) is 69.0 cm³/mol. The van der Waals surface area contributed by atoms with E-state index in [-0.39, 0.29) is 23.3 Å². The SMILES string of the molecule is C[C@H](C(=O)c1ccc(O)c(O)c1)N1CCCCC1. The highest BCUT2D eigenvalue weighted by molar-refractivity contribution is 6.00. The number of ketones is 1. The lowest BCUT2D eigenvalue weighted by Crippen LogP contribution is -2.42. The number of piperidine rings is 1. The van der Waals surface area contributed by atoms with E-state index in [4.69, 9.17) is 0 Å². The van der Waals surface area contributed by atoms with Crippen LogP contribution in [0, 0.1) is 0 Å². The second-order valence-electron chi connectivity index (χ2n) is 4.84. The van der Waals surface area contributed by atoms with Gasteiger partial charge in [0, 0.05) is 5.56 Å². The zero-order valence-corrected chi connectivity index (χ0v) is 10.6. The van der Waals surface area contributed by atoms with E-state index in [0.29, 0.717) is 5.56 Å². The van der Waals surface area contributed by atoms with Crippen LogP contribution in [0.2, 0.25) is 0 Å². The molecule has 4 nitrogen and oxygen atoms in total. The molecule has 1 aliphatic heterocycles. The number of hydrogen-bond donors (Lipinski definition) is 2. The molecule has 0 amide bonds. The average Bonchev–Trinajstić information content (AvgIpc) is 2.41. The lowest BCUT2D eigenvalue weighted by atomic mass is 10.0. The number of nitrogens with zero attached hydrogens (tertiary/aromatic N) is 1. The zero-order valence-electron chi connectivity index (χ0n) is 10.6. The molecule has 98 valence electrons. The van der Waals surface area contributed by atoms with Crippen LogP contribution in [-0.2, 0) is 0 Å². The van der Waals surface area contributed by atoms with Crippen molar-refractivity contribution in [3.8, 4) is 11.5 Å². The first-order valence-corrected chi connectivity index (χ1v) is 6.40. The van der Waals surface area contributed by atoms with E-state index >= 15 is 0 Å². The molecule has 0 saturated carbocycles. The number of phenolic OH excluding ortho intramolecular Hbond substituents is 2. The molecule has 1 heterocycles. The Morgan fingerprint density at radius 2 is 1.83 bits per heavy atom. The second kappa shape index (κ2) is 5.40. The molecule has 0 radical (unpaired) electrons. The molecule has 0 bridgehead atoms. The highest BCUT2D eigenvalue weighted by atomic mass is 16.3. The summed E-state index contributed by atoms with van der Waals surface area (Å²) in [5.41, 5.74) is 0.448. The van der Waals surface area contributed by atoms with Crippen LogP contribution in [0.1, 0.15) is 36.5 Å². The lowest BCUT2D eigenvalue weighted by molar-refractivity contribution is 0.0808. The second-order valence-corrected chi connectivity index (χ2v) is 4.84. The van der Waals surface area contributed by atoms with Crippen molar-refractivity contribution >= 4 is 5.78 Å². The fraction of sp³-hybridized carbons (Fsp3) is 0.500. The largest absolute Gasteiger partial charge is 0.504 e. The van der Waals surface area contributed by atoms with Crippen molar-refractivity contribution < 1.29 is 15.0 Å². The summed E-state index contributed by atoms with van der Waals surface area (Å²) in [6.07, 6.45) is 3.51. The quantitative estimate of drug-likeness (QED) is 0.636. The molecule has 1 aliphatic rings. The van der Waals surface area contributed by atoms with Crippen molar-refractivity contribution in [2.75, 3.05) is 13.1 Å². The monoisotopic (exact) mass is 249 g/mol. The summed E-state index contributed by atoms with van der Waals surface area (Å²) in [5, 5.41) is 18.7. The fourth-order valence-electron chi connectivity index (χ4n) is 2.39. The van der Waals surface area contributed by atoms with Crippen LogP contribution >= 0.6 is 0 Å². The number of carbonyl (C=O) groups excluding carboxylic acids is 1. The highest BCUT2D eigenvalue weighted by Gasteiger charge is 2.24. The molecule has 1 saturated heterocycles. The molecule has 2 N–H and O–H groups in total. The molecule has 0 aliphatic carbocycles. The van der Waals surface area contributed by atoms with E-state index < -0.39 is 0 Å². The minimum atomic E-state index is -0.244. The molecule has 0 spiro atoms. The Kier molecular flexibility index (Phi) is 3.87. The summed E-state index contributed by atoms with van der Waals surface area (Å²) in [4.78, 5) is 14.4. The zero-order chi connectivity index (χ0) is 13.1. The third-order valence-electron chi connectivity index (χ3n) is 3.58. The van der Waals surface area contributed by atoms with Gasteiger partial charge in [-0.15, -0.1) is 0 Å². The number of phenols is 2. The standard InChI is InChI=1S/C14H19NO3/c1-10(15-7-3-2-4-8-15)14(18)11-5-6-12(16)13(17)9-11/h5-6,9-10,16-17H,2-4,7-8H2,1H3/t10-/m1/s1. The summed E-state index contributed by atoms with van der Waals surface area (Å²) >= 11 is 0. The molecule has 2 rings (SSSR count). The van der Waals surface area contributed by atoms with Gasteiger partial charge < -0.3 is 10.2 Å². The number of rotatable bonds is 3. The third-order valence-corrected chi connectivity index (χ3v) is 3.58. The number of benzene rings is 1. The normalized spacial score (nSPS) is 18.5. The molecule has 1 fully saturated rings. The van der Waals surface area contributed by atoms with Gasteiger partial charge >= 0.3 is 0 Å². The van der Waals surface area contributed by atoms with Gasteiger partial charge in [0.25, 0.3) is 0 Å². The Labute approximate surface area is 107 Å². The Balaban J connectivity index is 2.11. The first-order chi connectivity index (χ1) is 8.59. The first-order valence-electron chi connectivity index (χ1n) is 6.40. The van der Waals surface area contributed by atoms with Crippen molar-refractivity contribution in [1.82, 2.24) is 4.90 Å². The minimum absolute atomic E-state index is 0.00722. The van der Waals surface area contributed by atoms with Crippen molar-refractivity contribution in [3.63, 3.8) is 0 Å². The Bertz CT molecular complexity index is 439. The van der Waals surface area contributed by atoms with Gasteiger partial charge in [0.05, 0.1) is 6.04 Å². The van der Waals surface area contributed by atoms with Crippen LogP contribution in [0.3, 0.4) is 0 Å². The van der Waals surface area contributed by atoms with E-state index in [2.05, 4.69) is 4.90 Å². The predicted octanol–water partition coefficient (Wildman–Crippen LogP) is 2.15. The third kappa shape index (κ3) is 2.64. The fourth-order valence-corrected chi connectivity index (χ4v) is 2.39. The van der Waals surface area contributed by atoms with E-state index in [1.807, 2.05) is 6.92 Å². The van der Waals surface area contributed by atoms with Crippen LogP contribution in [0.25, 0.3) is 0 Å². The Morgan fingerprint density at radius 3 is 2.44 bits per heavy atom. The van der Waals surface area contributed by atoms with Crippen molar-refractivity contribution in [1.29, 1.82) is 0 Å². The first kappa shape index (κ1) is 12.9. The van der Waals surface area contributed by atoms with Gasteiger partial charge in [0.15, 0.2) is 17.3 Å². The van der Waals surface area contributed by atoms with E-state index in [1.165, 1.54) is 18.6 Å². The Hall–Kier alpha value is -1.55. The van der Waals surface area contributed by atoms with Crippen molar-refractivity contribution in [2.24, 2.45) is 0 Å². The maximum atomic E-state index is 12.3. The van der Waals surface area contributed by atoms with E-state index in [1.54, 1.807) is 6.07 Å². The van der Waals surface area contributed by atoms with Gasteiger partial charge in [0.2, 0.25) is 0 Å². The molecule has 0 unspecified atom stereocenters. The number of carbonyl (C=O) groups is 1. The van der Waals surface area contributed by atoms with Crippen LogP contribution in [0.15, 0.2) is 18.2 Å². The lowest BCUT2D eigenvalue weighted by Gasteiger charge is -2.31. The molecule has 1 aromatic rings. The van der Waals surface area contributed by atoms with Gasteiger partial charge in [-0.3, -0.25) is 9.69 Å². The molecule has 1 aromatic carbocycles. The van der Waals surface area contributed by atoms with Crippen LogP contribution in [-0.4, -0.2) is 40.0 Å². The smallest absolute Gasteiger partial charge is 0.179 e.